The third-order valence-corrected chi connectivity index (χ3v) is 21.8. The van der Waals surface area contributed by atoms with Crippen molar-refractivity contribution in [2.24, 2.45) is 0 Å². The predicted octanol–water partition coefficient (Wildman–Crippen LogP) is 16.0. The van der Waals surface area contributed by atoms with Crippen LogP contribution in [-0.4, -0.2) is 193 Å². The molecule has 106 heavy (non-hydrogen) atoms. The number of aliphatic hydroxyl groups excluding tert-OH is 11. The molecule has 0 aromatic rings. The Bertz CT molecular complexity index is 2100. The minimum absolute atomic E-state index is 0.237. The molecule has 1 amide bonds. The molecule has 0 saturated carbocycles. The molecule has 0 radical (unpaired) electrons. The fraction of sp³-hybridized carbons (Fsp3) is 0.897. The van der Waals surface area contributed by atoms with Crippen LogP contribution in [0.5, 0.6) is 0 Å². The van der Waals surface area contributed by atoms with Gasteiger partial charge in [-0.05, 0) is 64.2 Å². The van der Waals surface area contributed by atoms with Crippen LogP contribution in [0.3, 0.4) is 0 Å². The Hall–Kier alpha value is -2.25. The minimum Gasteiger partial charge on any atom is -0.394 e. The van der Waals surface area contributed by atoms with Gasteiger partial charge in [0.2, 0.25) is 5.91 Å². The third-order valence-electron chi connectivity index (χ3n) is 21.8. The molecule has 3 rings (SSSR count). The zero-order valence-electron chi connectivity index (χ0n) is 66.9. The summed E-state index contributed by atoms with van der Waals surface area (Å²) in [6.07, 6.45) is 59.8. The van der Waals surface area contributed by atoms with E-state index in [1.807, 2.05) is 6.08 Å². The second-order valence-corrected chi connectivity index (χ2v) is 31.3. The van der Waals surface area contributed by atoms with Gasteiger partial charge in [-0.25, -0.2) is 0 Å². The van der Waals surface area contributed by atoms with E-state index in [9.17, 15) is 61.0 Å². The van der Waals surface area contributed by atoms with Gasteiger partial charge in [0.15, 0.2) is 18.9 Å². The van der Waals surface area contributed by atoms with E-state index in [1.54, 1.807) is 6.08 Å². The quantitative estimate of drug-likeness (QED) is 0.0199. The van der Waals surface area contributed by atoms with E-state index >= 15 is 0 Å². The van der Waals surface area contributed by atoms with Crippen LogP contribution in [0.2, 0.25) is 0 Å². The zero-order valence-corrected chi connectivity index (χ0v) is 66.9. The molecule has 19 nitrogen and oxygen atoms in total. The predicted molar refractivity (Wildman–Crippen MR) is 425 cm³/mol. The number of rotatable bonds is 71. The highest BCUT2D eigenvalue weighted by Gasteiger charge is 2.54. The van der Waals surface area contributed by atoms with Crippen molar-refractivity contribution >= 4 is 5.91 Å². The van der Waals surface area contributed by atoms with Crippen LogP contribution in [0, 0.1) is 0 Å². The lowest BCUT2D eigenvalue weighted by atomic mass is 9.96. The van der Waals surface area contributed by atoms with Crippen molar-refractivity contribution in [3.05, 3.63) is 48.6 Å². The average molecular weight is 1510 g/mol. The monoisotopic (exact) mass is 1510 g/mol. The van der Waals surface area contributed by atoms with Crippen molar-refractivity contribution in [1.29, 1.82) is 0 Å². The van der Waals surface area contributed by atoms with Gasteiger partial charge in [0.25, 0.3) is 0 Å². The van der Waals surface area contributed by atoms with Gasteiger partial charge < -0.3 is 89.9 Å². The van der Waals surface area contributed by atoms with Crippen molar-refractivity contribution in [3.63, 3.8) is 0 Å². The lowest BCUT2D eigenvalue weighted by Crippen LogP contribution is -2.66. The fourth-order valence-electron chi connectivity index (χ4n) is 14.8. The van der Waals surface area contributed by atoms with Crippen molar-refractivity contribution in [2.45, 2.75) is 471 Å². The van der Waals surface area contributed by atoms with Crippen LogP contribution in [0.15, 0.2) is 48.6 Å². The highest BCUT2D eigenvalue weighted by atomic mass is 16.8. The number of unbranched alkanes of at least 4 members (excludes halogenated alkanes) is 49. The molecular formula is C87H161NO18. The van der Waals surface area contributed by atoms with Crippen LogP contribution in [0.4, 0.5) is 0 Å². The summed E-state index contributed by atoms with van der Waals surface area (Å²) in [6, 6.07) is -0.992. The molecular weight excluding hydrogens is 1350 g/mol. The van der Waals surface area contributed by atoms with Crippen molar-refractivity contribution in [2.75, 3.05) is 26.4 Å². The summed E-state index contributed by atoms with van der Waals surface area (Å²) in [6.45, 7) is 1.77. The fourth-order valence-corrected chi connectivity index (χ4v) is 14.8. The molecule has 3 aliphatic heterocycles. The van der Waals surface area contributed by atoms with Gasteiger partial charge in [-0.15, -0.1) is 0 Å². The molecule has 3 saturated heterocycles. The van der Waals surface area contributed by atoms with Gasteiger partial charge in [-0.2, -0.15) is 0 Å². The number of amides is 1. The standard InChI is InChI=1S/C87H161NO18/c1-3-5-7-9-11-13-15-17-19-21-23-25-27-29-31-33-34-35-37-38-40-42-44-46-48-50-52-54-56-58-60-62-64-71(92)70(88-75(93)65-63-61-59-57-55-53-51-49-47-45-43-41-39-36-32-30-28-26-24-22-20-18-16-14-12-10-8-6-4-2)69-101-85-81(99)78(96)83(73(67-90)103-85)106-87-82(100)79(97)84(74(68-91)104-87)105-86-80(98)77(95)76(94)72(66-89)102-86/h16,18,22,24,54,56,62,64,70-74,76-87,89-92,94-100H,3-15,17,19-21,23,25-53,55,57-61,63,65-69H2,1-2H3,(H,88,93)/b18-16-,24-22-,56-54+,64-62+. The van der Waals surface area contributed by atoms with E-state index in [1.165, 1.54) is 289 Å². The normalized spacial score (nSPS) is 25.8. The molecule has 17 unspecified atom stereocenters. The smallest absolute Gasteiger partial charge is 0.220 e. The summed E-state index contributed by atoms with van der Waals surface area (Å²) < 4.78 is 34.5. The Kier molecular flexibility index (Phi) is 62.2. The van der Waals surface area contributed by atoms with E-state index in [0.29, 0.717) is 12.8 Å². The summed E-state index contributed by atoms with van der Waals surface area (Å²) in [5.74, 6) is -0.280. The number of ether oxygens (including phenoxy) is 6. The van der Waals surface area contributed by atoms with Gasteiger partial charge in [0, 0.05) is 6.42 Å². The summed E-state index contributed by atoms with van der Waals surface area (Å²) in [5.41, 5.74) is 0. The molecule has 3 fully saturated rings. The number of aliphatic hydroxyl groups is 11. The molecule has 12 N–H and O–H groups in total. The van der Waals surface area contributed by atoms with Crippen LogP contribution in [0.1, 0.15) is 367 Å². The topological polar surface area (TPSA) is 307 Å². The first-order valence-electron chi connectivity index (χ1n) is 43.9. The summed E-state index contributed by atoms with van der Waals surface area (Å²) in [7, 11) is 0. The maximum Gasteiger partial charge on any atom is 0.220 e. The first-order chi connectivity index (χ1) is 51.8. The van der Waals surface area contributed by atoms with Crippen molar-refractivity contribution < 1.29 is 89.4 Å². The molecule has 622 valence electrons. The van der Waals surface area contributed by atoms with Gasteiger partial charge in [0.1, 0.15) is 73.2 Å². The number of carbonyl (C=O) groups is 1. The van der Waals surface area contributed by atoms with E-state index in [4.69, 9.17) is 28.4 Å². The molecule has 3 aliphatic rings. The molecule has 0 aliphatic carbocycles. The Labute approximate surface area is 643 Å². The van der Waals surface area contributed by atoms with Crippen LogP contribution in [0.25, 0.3) is 0 Å². The number of nitrogens with one attached hydrogen (secondary N) is 1. The Morgan fingerprint density at radius 2 is 0.632 bits per heavy atom. The van der Waals surface area contributed by atoms with Gasteiger partial charge in [0.05, 0.1) is 38.6 Å². The van der Waals surface area contributed by atoms with E-state index in [-0.39, 0.29) is 18.9 Å². The molecule has 0 spiro atoms. The van der Waals surface area contributed by atoms with E-state index < -0.39 is 124 Å². The second-order valence-electron chi connectivity index (χ2n) is 31.3. The average Bonchev–Trinajstić information content (AvgIpc) is 0.781. The van der Waals surface area contributed by atoms with E-state index in [0.717, 1.165) is 44.9 Å². The molecule has 19 heteroatoms. The number of carbonyl (C=O) groups excluding carboxylic acids is 1. The summed E-state index contributed by atoms with van der Waals surface area (Å²) in [5, 5.41) is 121. The minimum atomic E-state index is -1.98. The van der Waals surface area contributed by atoms with Crippen LogP contribution >= 0.6 is 0 Å². The Balaban J connectivity index is 1.35. The van der Waals surface area contributed by atoms with Gasteiger partial charge >= 0.3 is 0 Å². The maximum atomic E-state index is 13.5. The zero-order chi connectivity index (χ0) is 76.7. The van der Waals surface area contributed by atoms with Gasteiger partial charge in [-0.1, -0.05) is 345 Å². The van der Waals surface area contributed by atoms with Crippen LogP contribution in [-0.2, 0) is 33.2 Å². The van der Waals surface area contributed by atoms with Crippen LogP contribution < -0.4 is 5.32 Å². The Morgan fingerprint density at radius 3 is 1.00 bits per heavy atom. The molecule has 3 heterocycles. The summed E-state index contributed by atoms with van der Waals surface area (Å²) >= 11 is 0. The second kappa shape index (κ2) is 67.3. The van der Waals surface area contributed by atoms with E-state index in [2.05, 4.69) is 55.6 Å². The molecule has 0 bridgehead atoms. The maximum absolute atomic E-state index is 13.5. The first-order valence-corrected chi connectivity index (χ1v) is 43.9. The Morgan fingerprint density at radius 1 is 0.340 bits per heavy atom. The molecule has 0 aromatic carbocycles. The summed E-state index contributed by atoms with van der Waals surface area (Å²) in [4.78, 5) is 13.5. The third kappa shape index (κ3) is 46.1. The SMILES string of the molecule is CCCCCCC/C=C\C/C=C\CCCCCCCCCCCCCCCCCCCC(=O)NC(COC1OC(CO)C(OC2OC(CO)C(OC3OC(CO)C(O)C(O)C3O)C(O)C2O)C(O)C1O)C(O)/C=C/CC/C=C/CCCCCCCCCCCCCCCCCCCCCCCCCCCC. The van der Waals surface area contributed by atoms with Crippen molar-refractivity contribution in [1.82, 2.24) is 5.32 Å². The lowest BCUT2D eigenvalue weighted by molar-refractivity contribution is -0.379. The van der Waals surface area contributed by atoms with Gasteiger partial charge in [-0.3, -0.25) is 4.79 Å². The number of hydrogen-bond donors (Lipinski definition) is 12. The first kappa shape index (κ1) is 97.9. The highest BCUT2D eigenvalue weighted by Crippen LogP contribution is 2.33. The van der Waals surface area contributed by atoms with Crippen molar-refractivity contribution in [3.8, 4) is 0 Å². The largest absolute Gasteiger partial charge is 0.394 e. The lowest BCUT2D eigenvalue weighted by Gasteiger charge is -2.48. The number of hydrogen-bond acceptors (Lipinski definition) is 18. The molecule has 17 atom stereocenters. The number of allylic oxidation sites excluding steroid dienone is 7. The highest BCUT2D eigenvalue weighted by molar-refractivity contribution is 5.76. The molecule has 0 aromatic heterocycles.